The summed E-state index contributed by atoms with van der Waals surface area (Å²) in [5.41, 5.74) is 0. The molecule has 54 heavy (non-hydrogen) atoms. The lowest BCUT2D eigenvalue weighted by Crippen LogP contribution is -2.65. The first-order valence-electron chi connectivity index (χ1n) is 21.3. The minimum Gasteiger partial charge on any atom is -0.382 e. The zero-order chi connectivity index (χ0) is 39.7. The van der Waals surface area contributed by atoms with E-state index < -0.39 is 38.2 Å². The number of carbonyl (C=O) groups is 1. The van der Waals surface area contributed by atoms with E-state index in [0.717, 1.165) is 51.4 Å². The highest BCUT2D eigenvalue weighted by molar-refractivity contribution is 7.53. The van der Waals surface area contributed by atoms with E-state index in [-0.39, 0.29) is 38.0 Å². The summed E-state index contributed by atoms with van der Waals surface area (Å²) >= 11 is 0. The lowest BCUT2D eigenvalue weighted by molar-refractivity contribution is -0.259. The normalized spacial score (nSPS) is 21.9. The maximum Gasteiger partial charge on any atom is 0.331 e. The van der Waals surface area contributed by atoms with Crippen LogP contribution in [0.15, 0.2) is 37.5 Å². The molecule has 0 aromatic rings. The lowest BCUT2D eigenvalue weighted by atomic mass is 9.96. The summed E-state index contributed by atoms with van der Waals surface area (Å²) in [7, 11) is -0.484. The van der Waals surface area contributed by atoms with E-state index in [9.17, 15) is 14.5 Å². The van der Waals surface area contributed by atoms with Crippen molar-refractivity contribution in [2.45, 2.75) is 192 Å². The largest absolute Gasteiger partial charge is 0.382 e. The molecule has 0 aromatic carbocycles. The Labute approximate surface area is 330 Å². The van der Waals surface area contributed by atoms with E-state index in [1.54, 1.807) is 13.2 Å². The second kappa shape index (κ2) is 33.7. The molecule has 1 aliphatic heterocycles. The zero-order valence-electron chi connectivity index (χ0n) is 34.7. The second-order valence-electron chi connectivity index (χ2n) is 14.7. The number of nitrogens with one attached hydrogen (secondary N) is 1. The first-order valence-corrected chi connectivity index (χ1v) is 23.1. The monoisotopic (exact) mass is 786 g/mol. The summed E-state index contributed by atoms with van der Waals surface area (Å²) in [6, 6.07) is -0.969. The van der Waals surface area contributed by atoms with Gasteiger partial charge in [0, 0.05) is 27.2 Å². The molecule has 316 valence electrons. The van der Waals surface area contributed by atoms with Crippen LogP contribution < -0.4 is 5.32 Å². The van der Waals surface area contributed by atoms with Gasteiger partial charge in [0.25, 0.3) is 0 Å². The average Bonchev–Trinajstić information content (AvgIpc) is 3.16. The van der Waals surface area contributed by atoms with E-state index in [1.807, 2.05) is 0 Å². The van der Waals surface area contributed by atoms with Crippen molar-refractivity contribution in [1.82, 2.24) is 5.32 Å². The minimum absolute atomic E-state index is 0.00451. The number of rotatable bonds is 37. The van der Waals surface area contributed by atoms with Gasteiger partial charge in [-0.05, 0) is 51.4 Å². The Hall–Kier alpha value is -1.36. The van der Waals surface area contributed by atoms with Crippen LogP contribution in [0.4, 0.5) is 0 Å². The molecule has 1 saturated heterocycles. The summed E-state index contributed by atoms with van der Waals surface area (Å²) in [4.78, 5) is 13.3. The molecule has 0 spiro atoms. The maximum absolute atomic E-state index is 14.0. The van der Waals surface area contributed by atoms with Crippen LogP contribution >= 0.6 is 7.60 Å². The molecule has 7 atom stereocenters. The fourth-order valence-electron chi connectivity index (χ4n) is 6.75. The first-order chi connectivity index (χ1) is 26.3. The molecule has 0 radical (unpaired) electrons. The van der Waals surface area contributed by atoms with Gasteiger partial charge in [-0.1, -0.05) is 122 Å². The van der Waals surface area contributed by atoms with Gasteiger partial charge in [0.2, 0.25) is 5.91 Å². The number of unbranched alkanes of at least 4 members (excludes halogenated alkanes) is 15. The van der Waals surface area contributed by atoms with Crippen LogP contribution in [0.3, 0.4) is 0 Å². The Balaban J connectivity index is 2.86. The van der Waals surface area contributed by atoms with Crippen molar-refractivity contribution in [2.75, 3.05) is 40.2 Å². The van der Waals surface area contributed by atoms with Gasteiger partial charge in [-0.2, -0.15) is 0 Å². The summed E-state index contributed by atoms with van der Waals surface area (Å²) < 4.78 is 49.7. The van der Waals surface area contributed by atoms with Gasteiger partial charge in [0.15, 0.2) is 6.29 Å². The molecule has 1 amide bonds. The van der Waals surface area contributed by atoms with Crippen LogP contribution in [0.25, 0.3) is 0 Å². The van der Waals surface area contributed by atoms with Crippen molar-refractivity contribution < 1.29 is 42.5 Å². The summed E-state index contributed by atoms with van der Waals surface area (Å²) in [6.45, 7) is 12.2. The fourth-order valence-corrected chi connectivity index (χ4v) is 8.51. The van der Waals surface area contributed by atoms with Crippen molar-refractivity contribution in [3.63, 3.8) is 0 Å². The Bertz CT molecular complexity index is 995. The summed E-state index contributed by atoms with van der Waals surface area (Å²) in [5.74, 6) is -0.207. The van der Waals surface area contributed by atoms with Crippen LogP contribution in [0.2, 0.25) is 0 Å². The third kappa shape index (κ3) is 23.6. The number of methoxy groups -OCH3 is 2. The Morgan fingerprint density at radius 3 is 2.04 bits per heavy atom. The highest BCUT2D eigenvalue weighted by Gasteiger charge is 2.50. The molecule has 1 fully saturated rings. The summed E-state index contributed by atoms with van der Waals surface area (Å²) in [5, 5.41) is 14.2. The van der Waals surface area contributed by atoms with Crippen LogP contribution in [-0.4, -0.2) is 88.0 Å². The molecular weight excluding hydrogens is 705 g/mol. The molecule has 0 aliphatic carbocycles. The van der Waals surface area contributed by atoms with Gasteiger partial charge < -0.3 is 33.9 Å². The van der Waals surface area contributed by atoms with Crippen LogP contribution in [0.1, 0.15) is 155 Å². The van der Waals surface area contributed by atoms with Crippen molar-refractivity contribution in [1.29, 1.82) is 0 Å². The predicted molar refractivity (Wildman–Crippen MR) is 221 cm³/mol. The van der Waals surface area contributed by atoms with Crippen LogP contribution in [-0.2, 0) is 37.4 Å². The predicted octanol–water partition coefficient (Wildman–Crippen LogP) is 10.4. The number of amides is 1. The molecule has 1 aliphatic rings. The molecule has 0 saturated carbocycles. The first kappa shape index (κ1) is 50.7. The zero-order valence-corrected chi connectivity index (χ0v) is 35.6. The SMILES string of the molecule is C=CCCP(=O)(OCC=C)O[C@H]1[C@H](OCC[C@@H](CCCCCCC)OC)[C@@H](NC(=O)CCCCCCCCC/C=C\CCCCCC)C(O)O[C@@H]1COC. The van der Waals surface area contributed by atoms with Gasteiger partial charge in [-0.15, -0.1) is 13.2 Å². The Morgan fingerprint density at radius 1 is 0.815 bits per heavy atom. The van der Waals surface area contributed by atoms with E-state index in [4.69, 9.17) is 28.0 Å². The number of aliphatic hydroxyl groups is 1. The minimum atomic E-state index is -3.71. The van der Waals surface area contributed by atoms with E-state index >= 15 is 0 Å². The van der Waals surface area contributed by atoms with Gasteiger partial charge in [-0.3, -0.25) is 13.9 Å². The second-order valence-corrected chi connectivity index (χ2v) is 16.8. The number of hydrogen-bond donors (Lipinski definition) is 2. The van der Waals surface area contributed by atoms with Gasteiger partial charge in [0.05, 0.1) is 25.5 Å². The molecule has 1 heterocycles. The standard InChI is InChI=1S/C43H80NO9P/c1-7-11-14-16-17-18-19-20-21-22-23-24-25-27-29-31-39(45)44-40-42(50-34-32-37(49-6)30-28-26-15-12-8-2)41(38(36-48-5)52-43(40)46)53-54(47,35-13-9-3)51-33-10-4/h9-10,18-19,37-38,40-43,46H,3-4,7-8,11-17,20-36H2,1-2,5-6H3,(H,44,45)/b19-18-/t37-,38-,40-,41-,42-,43?,54?/m1/s1. The molecular formula is C43H80NO9P. The third-order valence-corrected chi connectivity index (χ3v) is 11.9. The van der Waals surface area contributed by atoms with Crippen molar-refractivity contribution >= 4 is 13.5 Å². The molecule has 2 N–H and O–H groups in total. The van der Waals surface area contributed by atoms with Crippen molar-refractivity contribution in [2.24, 2.45) is 0 Å². The third-order valence-electron chi connectivity index (χ3n) is 9.98. The molecule has 0 aromatic heterocycles. The van der Waals surface area contributed by atoms with E-state index in [1.165, 1.54) is 83.8 Å². The fraction of sp³-hybridized carbons (Fsp3) is 0.837. The molecule has 2 unspecified atom stereocenters. The Morgan fingerprint density at radius 2 is 1.43 bits per heavy atom. The quantitative estimate of drug-likeness (QED) is 0.0360. The number of aliphatic hydroxyl groups excluding tert-OH is 1. The van der Waals surface area contributed by atoms with Gasteiger partial charge in [0.1, 0.15) is 24.4 Å². The van der Waals surface area contributed by atoms with Gasteiger partial charge in [-0.25, -0.2) is 0 Å². The van der Waals surface area contributed by atoms with E-state index in [0.29, 0.717) is 19.3 Å². The van der Waals surface area contributed by atoms with Crippen molar-refractivity contribution in [3.05, 3.63) is 37.5 Å². The summed E-state index contributed by atoms with van der Waals surface area (Å²) in [6.07, 6.45) is 27.2. The van der Waals surface area contributed by atoms with Crippen molar-refractivity contribution in [3.8, 4) is 0 Å². The lowest BCUT2D eigenvalue weighted by Gasteiger charge is -2.45. The van der Waals surface area contributed by atoms with Crippen LogP contribution in [0, 0.1) is 0 Å². The molecule has 0 bridgehead atoms. The number of ether oxygens (including phenoxy) is 4. The topological polar surface area (TPSA) is 122 Å². The molecule has 1 rings (SSSR count). The number of carbonyl (C=O) groups excluding carboxylic acids is 1. The maximum atomic E-state index is 14.0. The molecule has 10 nitrogen and oxygen atoms in total. The number of hydrogen-bond acceptors (Lipinski definition) is 9. The average molecular weight is 786 g/mol. The highest BCUT2D eigenvalue weighted by atomic mass is 31.2. The highest BCUT2D eigenvalue weighted by Crippen LogP contribution is 2.52. The Kier molecular flexibility index (Phi) is 31.7. The number of allylic oxidation sites excluding steroid dienone is 3. The van der Waals surface area contributed by atoms with Gasteiger partial charge >= 0.3 is 7.60 Å². The van der Waals surface area contributed by atoms with Crippen LogP contribution in [0.5, 0.6) is 0 Å². The van der Waals surface area contributed by atoms with E-state index in [2.05, 4.69) is 44.5 Å². The molecule has 11 heteroatoms. The smallest absolute Gasteiger partial charge is 0.331 e.